The molecule has 8 nitrogen and oxygen atoms in total. The third-order valence-corrected chi connectivity index (χ3v) is 7.97. The van der Waals surface area contributed by atoms with Crippen LogP contribution in [0.4, 0.5) is 0 Å². The van der Waals surface area contributed by atoms with E-state index in [0.29, 0.717) is 24.3 Å². The van der Waals surface area contributed by atoms with E-state index in [0.717, 1.165) is 33.3 Å². The van der Waals surface area contributed by atoms with E-state index in [2.05, 4.69) is 19.7 Å². The first-order valence-corrected chi connectivity index (χ1v) is 11.4. The van der Waals surface area contributed by atoms with Gasteiger partial charge in [-0.15, -0.1) is 11.3 Å². The summed E-state index contributed by atoms with van der Waals surface area (Å²) >= 11 is 1.10. The number of aromatic amines is 1. The molecule has 29 heavy (non-hydrogen) atoms. The zero-order valence-corrected chi connectivity index (χ0v) is 16.8. The summed E-state index contributed by atoms with van der Waals surface area (Å²) in [6.07, 6.45) is 5.53. The maximum Gasteiger partial charge on any atom is 0.250 e. The SMILES string of the molecule is O=C1[C@@H](NS(=O)(=O)c2cc3cccnc3s2)CCN1Cc1cc2cnccc2[nH]1. The molecule has 4 aromatic rings. The van der Waals surface area contributed by atoms with Crippen molar-refractivity contribution in [1.82, 2.24) is 24.6 Å². The van der Waals surface area contributed by atoms with Crippen molar-refractivity contribution in [1.29, 1.82) is 0 Å². The van der Waals surface area contributed by atoms with Gasteiger partial charge in [0, 0.05) is 47.1 Å². The number of hydrogen-bond acceptors (Lipinski definition) is 6. The predicted octanol–water partition coefficient (Wildman–Crippen LogP) is 2.25. The van der Waals surface area contributed by atoms with Crippen LogP contribution in [0.1, 0.15) is 12.1 Å². The second kappa shape index (κ2) is 6.90. The number of H-pyrrole nitrogens is 1. The van der Waals surface area contributed by atoms with Crippen LogP contribution in [-0.2, 0) is 21.4 Å². The highest BCUT2D eigenvalue weighted by molar-refractivity contribution is 7.91. The fourth-order valence-electron chi connectivity index (χ4n) is 3.56. The Morgan fingerprint density at radius 3 is 2.97 bits per heavy atom. The van der Waals surface area contributed by atoms with Crippen LogP contribution in [0.2, 0.25) is 0 Å². The highest BCUT2D eigenvalue weighted by atomic mass is 32.2. The number of sulfonamides is 1. The Hall–Kier alpha value is -2.82. The second-order valence-corrected chi connectivity index (χ2v) is 9.91. The molecule has 1 aliphatic heterocycles. The molecule has 0 unspecified atom stereocenters. The average molecular weight is 428 g/mol. The van der Waals surface area contributed by atoms with E-state index in [1.807, 2.05) is 18.2 Å². The standard InChI is InChI=1S/C19H17N5O3S2/c25-19-16(23-29(26,27)17-9-12-2-1-5-21-18(12)28-17)4-7-24(19)11-14-8-13-10-20-6-3-15(13)22-14/h1-3,5-6,8-10,16,22-23H,4,7,11H2/t16-/m0/s1. The van der Waals surface area contributed by atoms with Crippen molar-refractivity contribution in [3.05, 3.63) is 54.6 Å². The Kier molecular flexibility index (Phi) is 4.34. The monoisotopic (exact) mass is 427 g/mol. The van der Waals surface area contributed by atoms with Crippen molar-refractivity contribution in [2.24, 2.45) is 0 Å². The summed E-state index contributed by atoms with van der Waals surface area (Å²) in [5.41, 5.74) is 1.85. The molecule has 148 valence electrons. The average Bonchev–Trinajstić information content (AvgIpc) is 3.40. The largest absolute Gasteiger partial charge is 0.357 e. The van der Waals surface area contributed by atoms with Gasteiger partial charge in [0.15, 0.2) is 0 Å². The van der Waals surface area contributed by atoms with Crippen molar-refractivity contribution >= 4 is 48.4 Å². The van der Waals surface area contributed by atoms with Crippen LogP contribution >= 0.6 is 11.3 Å². The van der Waals surface area contributed by atoms with Gasteiger partial charge in [-0.25, -0.2) is 13.4 Å². The fourth-order valence-corrected chi connectivity index (χ4v) is 6.10. The molecule has 1 saturated heterocycles. The lowest BCUT2D eigenvalue weighted by Gasteiger charge is -2.16. The van der Waals surface area contributed by atoms with Crippen LogP contribution < -0.4 is 4.72 Å². The van der Waals surface area contributed by atoms with E-state index in [9.17, 15) is 13.2 Å². The van der Waals surface area contributed by atoms with Gasteiger partial charge >= 0.3 is 0 Å². The van der Waals surface area contributed by atoms with Gasteiger partial charge in [-0.05, 0) is 30.7 Å². The molecule has 0 radical (unpaired) electrons. The highest BCUT2D eigenvalue weighted by Gasteiger charge is 2.35. The van der Waals surface area contributed by atoms with Gasteiger partial charge in [-0.2, -0.15) is 4.72 Å². The van der Waals surface area contributed by atoms with Gasteiger partial charge in [-0.3, -0.25) is 9.78 Å². The van der Waals surface area contributed by atoms with Gasteiger partial charge in [0.2, 0.25) is 5.91 Å². The number of thiophene rings is 1. The Morgan fingerprint density at radius 1 is 1.24 bits per heavy atom. The smallest absolute Gasteiger partial charge is 0.250 e. The van der Waals surface area contributed by atoms with Crippen molar-refractivity contribution in [2.75, 3.05) is 6.54 Å². The molecule has 0 saturated carbocycles. The minimum atomic E-state index is -3.79. The number of carbonyl (C=O) groups excluding carboxylic acids is 1. The maximum absolute atomic E-state index is 12.8. The predicted molar refractivity (Wildman–Crippen MR) is 110 cm³/mol. The van der Waals surface area contributed by atoms with Crippen LogP contribution in [0.15, 0.2) is 53.1 Å². The van der Waals surface area contributed by atoms with Crippen molar-refractivity contribution in [2.45, 2.75) is 23.2 Å². The van der Waals surface area contributed by atoms with E-state index in [-0.39, 0.29) is 10.1 Å². The third kappa shape index (κ3) is 3.39. The summed E-state index contributed by atoms with van der Waals surface area (Å²) in [7, 11) is -3.79. The molecule has 0 spiro atoms. The van der Waals surface area contributed by atoms with Crippen LogP contribution in [0.25, 0.3) is 21.1 Å². The Labute approximate surface area is 170 Å². The molecule has 0 aromatic carbocycles. The lowest BCUT2D eigenvalue weighted by Crippen LogP contribution is -2.41. The zero-order valence-electron chi connectivity index (χ0n) is 15.2. The normalized spacial score (nSPS) is 17.6. The summed E-state index contributed by atoms with van der Waals surface area (Å²) < 4.78 is 28.3. The maximum atomic E-state index is 12.8. The summed E-state index contributed by atoms with van der Waals surface area (Å²) in [4.78, 5) is 26.6. The molecule has 1 fully saturated rings. The number of nitrogens with one attached hydrogen (secondary N) is 2. The van der Waals surface area contributed by atoms with Crippen molar-refractivity contribution < 1.29 is 13.2 Å². The summed E-state index contributed by atoms with van der Waals surface area (Å²) in [6, 6.07) is 8.24. The molecule has 1 atom stereocenters. The topological polar surface area (TPSA) is 108 Å². The van der Waals surface area contributed by atoms with E-state index < -0.39 is 16.1 Å². The number of likely N-dealkylation sites (tertiary alicyclic amines) is 1. The lowest BCUT2D eigenvalue weighted by atomic mass is 10.3. The van der Waals surface area contributed by atoms with Gasteiger partial charge in [0.05, 0.1) is 6.54 Å². The third-order valence-electron chi connectivity index (χ3n) is 4.97. The second-order valence-electron chi connectivity index (χ2n) is 6.94. The number of carbonyl (C=O) groups is 1. The van der Waals surface area contributed by atoms with E-state index >= 15 is 0 Å². The Balaban J connectivity index is 1.31. The molecule has 10 heteroatoms. The van der Waals surface area contributed by atoms with Gasteiger partial charge in [-0.1, -0.05) is 6.07 Å². The molecule has 5 rings (SSSR count). The molecule has 0 bridgehead atoms. The first kappa shape index (κ1) is 18.2. The number of hydrogen-bond donors (Lipinski definition) is 2. The first-order chi connectivity index (χ1) is 14.0. The Bertz CT molecular complexity index is 1260. The van der Waals surface area contributed by atoms with Crippen molar-refractivity contribution in [3.63, 3.8) is 0 Å². The Morgan fingerprint density at radius 2 is 2.14 bits per heavy atom. The summed E-state index contributed by atoms with van der Waals surface area (Å²) in [5, 5.41) is 1.75. The van der Waals surface area contributed by atoms with E-state index in [1.165, 1.54) is 0 Å². The molecule has 2 N–H and O–H groups in total. The van der Waals surface area contributed by atoms with Crippen molar-refractivity contribution in [3.8, 4) is 0 Å². The number of amides is 1. The molecule has 1 aliphatic rings. The molecule has 5 heterocycles. The number of aromatic nitrogens is 3. The summed E-state index contributed by atoms with van der Waals surface area (Å²) in [6.45, 7) is 0.895. The van der Waals surface area contributed by atoms with Crippen LogP contribution in [-0.4, -0.2) is 46.8 Å². The lowest BCUT2D eigenvalue weighted by molar-refractivity contribution is -0.129. The minimum Gasteiger partial charge on any atom is -0.357 e. The quantitative estimate of drug-likeness (QED) is 0.508. The fraction of sp³-hybridized carbons (Fsp3) is 0.211. The van der Waals surface area contributed by atoms with Crippen LogP contribution in [0.5, 0.6) is 0 Å². The van der Waals surface area contributed by atoms with E-state index in [1.54, 1.807) is 35.6 Å². The first-order valence-electron chi connectivity index (χ1n) is 9.07. The van der Waals surface area contributed by atoms with E-state index in [4.69, 9.17) is 0 Å². The number of rotatable bonds is 5. The van der Waals surface area contributed by atoms with Gasteiger partial charge in [0.25, 0.3) is 10.0 Å². The zero-order chi connectivity index (χ0) is 20.0. The summed E-state index contributed by atoms with van der Waals surface area (Å²) in [5.74, 6) is -0.218. The number of nitrogens with zero attached hydrogens (tertiary/aromatic N) is 3. The van der Waals surface area contributed by atoms with Crippen LogP contribution in [0, 0.1) is 0 Å². The van der Waals surface area contributed by atoms with Crippen LogP contribution in [0.3, 0.4) is 0 Å². The minimum absolute atomic E-state index is 0.167. The number of fused-ring (bicyclic) bond motifs is 2. The van der Waals surface area contributed by atoms with Gasteiger partial charge < -0.3 is 9.88 Å². The molecular formula is C19H17N5O3S2. The highest BCUT2D eigenvalue weighted by Crippen LogP contribution is 2.28. The number of pyridine rings is 2. The molecule has 0 aliphatic carbocycles. The van der Waals surface area contributed by atoms with Gasteiger partial charge in [0.1, 0.15) is 15.1 Å². The molecule has 1 amide bonds. The molecular weight excluding hydrogens is 410 g/mol. The molecule has 4 aromatic heterocycles.